The normalized spacial score (nSPS) is 10.6. The summed E-state index contributed by atoms with van der Waals surface area (Å²) in [5, 5.41) is 5.03. The van der Waals surface area contributed by atoms with Crippen LogP contribution in [0.2, 0.25) is 5.02 Å². The highest BCUT2D eigenvalue weighted by Crippen LogP contribution is 2.30. The lowest BCUT2D eigenvalue weighted by Gasteiger charge is -2.11. The molecule has 0 radical (unpaired) electrons. The molecule has 116 valence electrons. The predicted octanol–water partition coefficient (Wildman–Crippen LogP) is 4.73. The third-order valence-electron chi connectivity index (χ3n) is 3.68. The fraction of sp³-hybridized carbons (Fsp3) is 0.111. The molecule has 1 N–H and O–H groups in total. The molecule has 0 bridgehead atoms. The van der Waals surface area contributed by atoms with Crippen molar-refractivity contribution in [3.8, 4) is 0 Å². The highest BCUT2D eigenvalue weighted by molar-refractivity contribution is 6.32. The summed E-state index contributed by atoms with van der Waals surface area (Å²) in [5.74, 6) is -0.351. The monoisotopic (exact) mass is 326 g/mol. The van der Waals surface area contributed by atoms with Crippen molar-refractivity contribution >= 4 is 39.8 Å². The number of nitrogens with zero attached hydrogens (tertiary/aromatic N) is 1. The topological polar surface area (TPSA) is 51.2 Å². The van der Waals surface area contributed by atoms with E-state index in [0.29, 0.717) is 10.6 Å². The molecule has 3 aromatic rings. The second kappa shape index (κ2) is 6.26. The SMILES string of the molecule is COC(=O)c1ccc(Nc2ccnc3c(C)c(Cl)ccc23)cc1. The van der Waals surface area contributed by atoms with Crippen molar-refractivity contribution in [2.24, 2.45) is 0 Å². The molecule has 0 unspecified atom stereocenters. The minimum absolute atomic E-state index is 0.351. The standard InChI is InChI=1S/C18H15ClN2O2/c1-11-15(19)8-7-14-16(9-10-20-17(11)14)21-13-5-3-12(4-6-13)18(22)23-2/h3-10H,1-2H3,(H,20,21). The zero-order valence-electron chi connectivity index (χ0n) is 12.8. The molecule has 0 aliphatic heterocycles. The Bertz CT molecular complexity index is 876. The summed E-state index contributed by atoms with van der Waals surface area (Å²) in [5.41, 5.74) is 4.14. The van der Waals surface area contributed by atoms with Gasteiger partial charge in [0.15, 0.2) is 0 Å². The van der Waals surface area contributed by atoms with Crippen LogP contribution >= 0.6 is 11.6 Å². The molecule has 3 rings (SSSR count). The Morgan fingerprint density at radius 2 is 1.87 bits per heavy atom. The first-order chi connectivity index (χ1) is 11.1. The van der Waals surface area contributed by atoms with Gasteiger partial charge in [-0.25, -0.2) is 4.79 Å². The number of pyridine rings is 1. The fourth-order valence-corrected chi connectivity index (χ4v) is 2.56. The summed E-state index contributed by atoms with van der Waals surface area (Å²) in [6.45, 7) is 1.95. The van der Waals surface area contributed by atoms with E-state index < -0.39 is 0 Å². The molecule has 4 nitrogen and oxygen atoms in total. The van der Waals surface area contributed by atoms with Gasteiger partial charge in [0.25, 0.3) is 0 Å². The highest BCUT2D eigenvalue weighted by atomic mass is 35.5. The second-order valence-corrected chi connectivity index (χ2v) is 5.53. The predicted molar refractivity (Wildman–Crippen MR) is 92.6 cm³/mol. The number of esters is 1. The molecule has 0 saturated heterocycles. The minimum Gasteiger partial charge on any atom is -0.465 e. The highest BCUT2D eigenvalue weighted by Gasteiger charge is 2.08. The smallest absolute Gasteiger partial charge is 0.337 e. The molecule has 0 saturated carbocycles. The van der Waals surface area contributed by atoms with E-state index in [2.05, 4.69) is 10.3 Å². The summed E-state index contributed by atoms with van der Waals surface area (Å²) < 4.78 is 4.70. The lowest BCUT2D eigenvalue weighted by atomic mass is 10.1. The fourth-order valence-electron chi connectivity index (χ4n) is 2.41. The third kappa shape index (κ3) is 2.98. The Kier molecular flexibility index (Phi) is 4.17. The average Bonchev–Trinajstić information content (AvgIpc) is 2.58. The third-order valence-corrected chi connectivity index (χ3v) is 4.09. The van der Waals surface area contributed by atoms with Gasteiger partial charge in [-0.15, -0.1) is 0 Å². The Morgan fingerprint density at radius 1 is 1.13 bits per heavy atom. The van der Waals surface area contributed by atoms with E-state index in [1.807, 2.05) is 37.3 Å². The molecule has 0 fully saturated rings. The zero-order chi connectivity index (χ0) is 16.4. The van der Waals surface area contributed by atoms with Crippen molar-refractivity contribution in [1.82, 2.24) is 4.98 Å². The number of nitrogens with one attached hydrogen (secondary N) is 1. The molecular formula is C18H15ClN2O2. The minimum atomic E-state index is -0.351. The van der Waals surface area contributed by atoms with Crippen molar-refractivity contribution in [2.45, 2.75) is 6.92 Å². The number of ether oxygens (including phenoxy) is 1. The van der Waals surface area contributed by atoms with Crippen LogP contribution in [-0.4, -0.2) is 18.1 Å². The maximum Gasteiger partial charge on any atom is 0.337 e. The Labute approximate surface area is 139 Å². The number of rotatable bonds is 3. The van der Waals surface area contributed by atoms with E-state index in [9.17, 15) is 4.79 Å². The van der Waals surface area contributed by atoms with Crippen molar-refractivity contribution in [3.05, 3.63) is 64.8 Å². The molecule has 1 aromatic heterocycles. The number of hydrogen-bond donors (Lipinski definition) is 1. The van der Waals surface area contributed by atoms with E-state index in [0.717, 1.165) is 27.8 Å². The van der Waals surface area contributed by atoms with E-state index in [4.69, 9.17) is 16.3 Å². The number of aromatic nitrogens is 1. The van der Waals surface area contributed by atoms with Crippen molar-refractivity contribution in [3.63, 3.8) is 0 Å². The van der Waals surface area contributed by atoms with Crippen LogP contribution in [0.1, 0.15) is 15.9 Å². The first-order valence-electron chi connectivity index (χ1n) is 7.09. The van der Waals surface area contributed by atoms with Gasteiger partial charge in [0.05, 0.1) is 18.2 Å². The number of anilines is 2. The lowest BCUT2D eigenvalue weighted by Crippen LogP contribution is -2.01. The van der Waals surface area contributed by atoms with Gasteiger partial charge in [-0.05, 0) is 55.0 Å². The van der Waals surface area contributed by atoms with Crippen LogP contribution in [0.4, 0.5) is 11.4 Å². The number of halogens is 1. The number of carbonyl (C=O) groups is 1. The quantitative estimate of drug-likeness (QED) is 0.707. The van der Waals surface area contributed by atoms with Crippen LogP contribution in [0.3, 0.4) is 0 Å². The summed E-state index contributed by atoms with van der Waals surface area (Å²) in [7, 11) is 1.37. The van der Waals surface area contributed by atoms with Crippen LogP contribution < -0.4 is 5.32 Å². The van der Waals surface area contributed by atoms with E-state index in [1.165, 1.54) is 7.11 Å². The maximum atomic E-state index is 11.5. The van der Waals surface area contributed by atoms with Gasteiger partial charge < -0.3 is 10.1 Å². The molecule has 5 heteroatoms. The van der Waals surface area contributed by atoms with Crippen LogP contribution in [0.5, 0.6) is 0 Å². The largest absolute Gasteiger partial charge is 0.465 e. The molecule has 0 aliphatic rings. The van der Waals surface area contributed by atoms with Gasteiger partial charge in [0, 0.05) is 28.0 Å². The first-order valence-corrected chi connectivity index (χ1v) is 7.47. The summed E-state index contributed by atoms with van der Waals surface area (Å²) in [6, 6.07) is 12.8. The molecular weight excluding hydrogens is 312 g/mol. The van der Waals surface area contributed by atoms with Crippen LogP contribution in [-0.2, 0) is 4.74 Å². The summed E-state index contributed by atoms with van der Waals surface area (Å²) in [6.07, 6.45) is 1.75. The van der Waals surface area contributed by atoms with Crippen molar-refractivity contribution in [2.75, 3.05) is 12.4 Å². The van der Waals surface area contributed by atoms with Gasteiger partial charge in [0.2, 0.25) is 0 Å². The Balaban J connectivity index is 1.96. The Morgan fingerprint density at radius 3 is 2.57 bits per heavy atom. The molecule has 0 aliphatic carbocycles. The first kappa shape index (κ1) is 15.3. The maximum absolute atomic E-state index is 11.5. The average molecular weight is 327 g/mol. The summed E-state index contributed by atoms with van der Waals surface area (Å²) >= 11 is 6.16. The number of hydrogen-bond acceptors (Lipinski definition) is 4. The van der Waals surface area contributed by atoms with Gasteiger partial charge in [-0.3, -0.25) is 4.98 Å². The van der Waals surface area contributed by atoms with Crippen molar-refractivity contribution < 1.29 is 9.53 Å². The number of benzene rings is 2. The molecule has 0 spiro atoms. The number of aryl methyl sites for hydroxylation is 1. The van der Waals surface area contributed by atoms with Gasteiger partial charge in [-0.1, -0.05) is 11.6 Å². The van der Waals surface area contributed by atoms with Gasteiger partial charge in [-0.2, -0.15) is 0 Å². The Hall–Kier alpha value is -2.59. The second-order valence-electron chi connectivity index (χ2n) is 5.12. The molecule has 23 heavy (non-hydrogen) atoms. The number of carbonyl (C=O) groups excluding carboxylic acids is 1. The van der Waals surface area contributed by atoms with Crippen LogP contribution in [0, 0.1) is 6.92 Å². The molecule has 2 aromatic carbocycles. The number of methoxy groups -OCH3 is 1. The van der Waals surface area contributed by atoms with E-state index >= 15 is 0 Å². The number of fused-ring (bicyclic) bond motifs is 1. The van der Waals surface area contributed by atoms with Gasteiger partial charge >= 0.3 is 5.97 Å². The molecule has 0 atom stereocenters. The van der Waals surface area contributed by atoms with Crippen LogP contribution in [0.15, 0.2) is 48.7 Å². The lowest BCUT2D eigenvalue weighted by molar-refractivity contribution is 0.0601. The molecule has 1 heterocycles. The van der Waals surface area contributed by atoms with Gasteiger partial charge in [0.1, 0.15) is 0 Å². The van der Waals surface area contributed by atoms with Crippen molar-refractivity contribution in [1.29, 1.82) is 0 Å². The van der Waals surface area contributed by atoms with E-state index in [1.54, 1.807) is 18.3 Å². The van der Waals surface area contributed by atoms with E-state index in [-0.39, 0.29) is 5.97 Å². The summed E-state index contributed by atoms with van der Waals surface area (Å²) in [4.78, 5) is 15.9. The molecule has 0 amide bonds. The zero-order valence-corrected chi connectivity index (χ0v) is 13.5. The van der Waals surface area contributed by atoms with Crippen LogP contribution in [0.25, 0.3) is 10.9 Å².